The van der Waals surface area contributed by atoms with Crippen molar-refractivity contribution in [2.75, 3.05) is 5.32 Å². The van der Waals surface area contributed by atoms with Crippen LogP contribution in [0.15, 0.2) is 47.3 Å². The number of oxazole rings is 1. The van der Waals surface area contributed by atoms with Gasteiger partial charge in [-0.05, 0) is 48.2 Å². The van der Waals surface area contributed by atoms with E-state index in [-0.39, 0.29) is 6.04 Å². The molecule has 3 aromatic heterocycles. The van der Waals surface area contributed by atoms with E-state index in [1.54, 1.807) is 6.20 Å². The fourth-order valence-corrected chi connectivity index (χ4v) is 3.50. The number of benzene rings is 1. The molecule has 7 nitrogen and oxygen atoms in total. The summed E-state index contributed by atoms with van der Waals surface area (Å²) in [4.78, 5) is 8.66. The fraction of sp³-hybridized carbons (Fsp3) is 0.158. The average molecular weight is 342 g/mol. The lowest BCUT2D eigenvalue weighted by atomic mass is 10.1. The first kappa shape index (κ1) is 14.7. The lowest BCUT2D eigenvalue weighted by Gasteiger charge is -2.15. The van der Waals surface area contributed by atoms with Crippen LogP contribution >= 0.6 is 0 Å². The number of rotatable bonds is 3. The Morgan fingerprint density at radius 3 is 3.08 bits per heavy atom. The van der Waals surface area contributed by atoms with Gasteiger partial charge in [0.05, 0.1) is 29.4 Å². The maximum Gasteiger partial charge on any atom is 0.181 e. The molecule has 1 aliphatic rings. The molecule has 1 aliphatic carbocycles. The second-order valence-corrected chi connectivity index (χ2v) is 6.29. The summed E-state index contributed by atoms with van der Waals surface area (Å²) in [5.41, 5.74) is 5.39. The van der Waals surface area contributed by atoms with Crippen LogP contribution in [-0.2, 0) is 6.42 Å². The molecule has 0 spiro atoms. The van der Waals surface area contributed by atoms with Gasteiger partial charge < -0.3 is 9.73 Å². The van der Waals surface area contributed by atoms with E-state index in [9.17, 15) is 0 Å². The van der Waals surface area contributed by atoms with Crippen LogP contribution in [-0.4, -0.2) is 20.2 Å². The quantitative estimate of drug-likeness (QED) is 0.590. The van der Waals surface area contributed by atoms with Crippen LogP contribution < -0.4 is 5.32 Å². The molecule has 4 aromatic rings. The Morgan fingerprint density at radius 2 is 2.23 bits per heavy atom. The van der Waals surface area contributed by atoms with E-state index in [1.807, 2.05) is 30.3 Å². The standard InChI is InChI=1S/C19H14N6O/c20-8-11-1-3-13-12(7-11)2-4-14(13)22-17-6-5-15-18(23-17)19(25-24-15)16-9-21-10-26-16/h1,3,5-7,9-10,14H,2,4H2,(H,22,23)(H,24,25)/t14-/m1/s1. The number of nitrogens with zero attached hydrogens (tertiary/aromatic N) is 4. The Balaban J connectivity index is 1.48. The molecule has 0 saturated carbocycles. The average Bonchev–Trinajstić information content (AvgIpc) is 3.40. The summed E-state index contributed by atoms with van der Waals surface area (Å²) in [7, 11) is 0. The highest BCUT2D eigenvalue weighted by molar-refractivity contribution is 5.88. The van der Waals surface area contributed by atoms with Crippen LogP contribution in [0.5, 0.6) is 0 Å². The van der Waals surface area contributed by atoms with Crippen LogP contribution in [0.3, 0.4) is 0 Å². The first-order chi connectivity index (χ1) is 12.8. The van der Waals surface area contributed by atoms with Gasteiger partial charge in [0.1, 0.15) is 11.3 Å². The monoisotopic (exact) mass is 342 g/mol. The van der Waals surface area contributed by atoms with Crippen molar-refractivity contribution >= 4 is 16.9 Å². The number of anilines is 1. The van der Waals surface area contributed by atoms with E-state index in [0.29, 0.717) is 17.0 Å². The van der Waals surface area contributed by atoms with Crippen molar-refractivity contribution in [3.8, 4) is 17.5 Å². The minimum Gasteiger partial charge on any atom is -0.442 e. The molecule has 1 aromatic carbocycles. The predicted molar refractivity (Wildman–Crippen MR) is 95.2 cm³/mol. The number of aromatic nitrogens is 4. The SMILES string of the molecule is N#Cc1ccc2c(c1)CC[C@H]2Nc1ccc2[nH]nc(-c3cnco3)c2n1. The summed E-state index contributed by atoms with van der Waals surface area (Å²) >= 11 is 0. The first-order valence-corrected chi connectivity index (χ1v) is 8.35. The second-order valence-electron chi connectivity index (χ2n) is 6.29. The molecule has 1 atom stereocenters. The lowest BCUT2D eigenvalue weighted by Crippen LogP contribution is -2.08. The van der Waals surface area contributed by atoms with E-state index < -0.39 is 0 Å². The highest BCUT2D eigenvalue weighted by Crippen LogP contribution is 2.34. The lowest BCUT2D eigenvalue weighted by molar-refractivity contribution is 0.570. The summed E-state index contributed by atoms with van der Waals surface area (Å²) in [5.74, 6) is 1.36. The number of nitriles is 1. The van der Waals surface area contributed by atoms with Crippen molar-refractivity contribution in [1.29, 1.82) is 5.26 Å². The van der Waals surface area contributed by atoms with Crippen LogP contribution in [0.4, 0.5) is 5.82 Å². The number of fused-ring (bicyclic) bond motifs is 2. The molecule has 7 heteroatoms. The van der Waals surface area contributed by atoms with E-state index >= 15 is 0 Å². The van der Waals surface area contributed by atoms with Gasteiger partial charge >= 0.3 is 0 Å². The molecule has 0 aliphatic heterocycles. The van der Waals surface area contributed by atoms with Gasteiger partial charge in [0, 0.05) is 0 Å². The number of hydrogen-bond donors (Lipinski definition) is 2. The fourth-order valence-electron chi connectivity index (χ4n) is 3.50. The number of aryl methyl sites for hydroxylation is 1. The molecule has 2 N–H and O–H groups in total. The summed E-state index contributed by atoms with van der Waals surface area (Å²) in [6, 6.07) is 12.2. The van der Waals surface area contributed by atoms with Crippen molar-refractivity contribution in [3.05, 3.63) is 59.6 Å². The van der Waals surface area contributed by atoms with E-state index in [4.69, 9.17) is 14.7 Å². The van der Waals surface area contributed by atoms with E-state index in [1.165, 1.54) is 17.5 Å². The van der Waals surface area contributed by atoms with Gasteiger partial charge in [0.25, 0.3) is 0 Å². The summed E-state index contributed by atoms with van der Waals surface area (Å²) in [6.07, 6.45) is 4.93. The first-order valence-electron chi connectivity index (χ1n) is 8.35. The van der Waals surface area contributed by atoms with Crippen LogP contribution in [0, 0.1) is 11.3 Å². The van der Waals surface area contributed by atoms with Crippen LogP contribution in [0.2, 0.25) is 0 Å². The number of H-pyrrole nitrogens is 1. The number of aromatic amines is 1. The molecule has 0 fully saturated rings. The van der Waals surface area contributed by atoms with Crippen molar-refractivity contribution in [1.82, 2.24) is 20.2 Å². The molecule has 0 amide bonds. The third-order valence-corrected chi connectivity index (χ3v) is 4.75. The topological polar surface area (TPSA) is 103 Å². The van der Waals surface area contributed by atoms with E-state index in [2.05, 4.69) is 26.6 Å². The molecule has 126 valence electrons. The zero-order valence-electron chi connectivity index (χ0n) is 13.7. The zero-order chi connectivity index (χ0) is 17.5. The number of nitrogens with one attached hydrogen (secondary N) is 2. The van der Waals surface area contributed by atoms with Gasteiger partial charge in [-0.3, -0.25) is 5.10 Å². The molecular formula is C19H14N6O. The molecule has 26 heavy (non-hydrogen) atoms. The molecule has 5 rings (SSSR count). The Kier molecular flexibility index (Phi) is 3.22. The highest BCUT2D eigenvalue weighted by atomic mass is 16.3. The largest absolute Gasteiger partial charge is 0.442 e. The normalized spacial score (nSPS) is 15.7. The van der Waals surface area contributed by atoms with Crippen molar-refractivity contribution < 1.29 is 4.42 Å². The molecule has 0 bridgehead atoms. The predicted octanol–water partition coefficient (Wildman–Crippen LogP) is 3.58. The maximum atomic E-state index is 9.06. The maximum absolute atomic E-state index is 9.06. The second kappa shape index (κ2) is 5.70. The Hall–Kier alpha value is -3.66. The smallest absolute Gasteiger partial charge is 0.181 e. The number of hydrogen-bond acceptors (Lipinski definition) is 6. The van der Waals surface area contributed by atoms with Gasteiger partial charge in [-0.25, -0.2) is 9.97 Å². The van der Waals surface area contributed by atoms with Gasteiger partial charge in [-0.2, -0.15) is 10.4 Å². The summed E-state index contributed by atoms with van der Waals surface area (Å²) in [6.45, 7) is 0. The minimum atomic E-state index is 0.184. The van der Waals surface area contributed by atoms with Crippen LogP contribution in [0.1, 0.15) is 29.2 Å². The molecule has 0 radical (unpaired) electrons. The van der Waals surface area contributed by atoms with E-state index in [0.717, 1.165) is 29.7 Å². The summed E-state index contributed by atoms with van der Waals surface area (Å²) in [5, 5.41) is 19.8. The third-order valence-electron chi connectivity index (χ3n) is 4.75. The Morgan fingerprint density at radius 1 is 1.27 bits per heavy atom. The Bertz CT molecular complexity index is 1140. The molecule has 3 heterocycles. The Labute approximate surface area is 148 Å². The molecule has 0 saturated heterocycles. The molecular weight excluding hydrogens is 328 g/mol. The summed E-state index contributed by atoms with van der Waals surface area (Å²) < 4.78 is 5.35. The van der Waals surface area contributed by atoms with Crippen molar-refractivity contribution in [2.24, 2.45) is 0 Å². The van der Waals surface area contributed by atoms with Gasteiger partial charge in [0.15, 0.2) is 17.8 Å². The molecule has 0 unspecified atom stereocenters. The van der Waals surface area contributed by atoms with Crippen LogP contribution in [0.25, 0.3) is 22.5 Å². The third kappa shape index (κ3) is 2.31. The number of pyridine rings is 1. The highest BCUT2D eigenvalue weighted by Gasteiger charge is 2.23. The van der Waals surface area contributed by atoms with Gasteiger partial charge in [0.2, 0.25) is 0 Å². The van der Waals surface area contributed by atoms with Crippen molar-refractivity contribution in [3.63, 3.8) is 0 Å². The van der Waals surface area contributed by atoms with Gasteiger partial charge in [-0.1, -0.05) is 6.07 Å². The zero-order valence-corrected chi connectivity index (χ0v) is 13.7. The van der Waals surface area contributed by atoms with Crippen molar-refractivity contribution in [2.45, 2.75) is 18.9 Å². The van der Waals surface area contributed by atoms with Gasteiger partial charge in [-0.15, -0.1) is 0 Å². The minimum absolute atomic E-state index is 0.184.